The van der Waals surface area contributed by atoms with Crippen LogP contribution in [0.5, 0.6) is 0 Å². The zero-order valence-corrected chi connectivity index (χ0v) is 32.1. The molecule has 4 unspecified atom stereocenters. The number of aromatic nitrogens is 1. The molecule has 1 aromatic heterocycles. The number of fused-ring (bicyclic) bond motifs is 13. The number of ketones is 1. The number of hydrogen-bond acceptors (Lipinski definition) is 7. The predicted molar refractivity (Wildman–Crippen MR) is 196 cm³/mol. The lowest BCUT2D eigenvalue weighted by atomic mass is 9.40. The van der Waals surface area contributed by atoms with E-state index in [9.17, 15) is 30.0 Å². The molecule has 1 aromatic carbocycles. The fraction of sp³-hybridized carbons (Fsp3) is 0.674. The Hall–Kier alpha value is -2.82. The van der Waals surface area contributed by atoms with Gasteiger partial charge in [-0.05, 0) is 120 Å². The van der Waals surface area contributed by atoms with Crippen molar-refractivity contribution in [2.45, 2.75) is 148 Å². The quantitative estimate of drug-likeness (QED) is 0.254. The maximum Gasteiger partial charge on any atom is 0.308 e. The average Bonchev–Trinajstić information content (AvgIpc) is 3.77. The van der Waals surface area contributed by atoms with Crippen molar-refractivity contribution in [2.75, 3.05) is 0 Å². The Kier molecular flexibility index (Phi) is 6.76. The third kappa shape index (κ3) is 3.83. The number of aliphatic hydroxyl groups is 3. The van der Waals surface area contributed by atoms with Crippen LogP contribution in [0.1, 0.15) is 139 Å². The van der Waals surface area contributed by atoms with Crippen LogP contribution in [0.25, 0.3) is 16.5 Å². The monoisotopic (exact) mass is 713 g/mol. The van der Waals surface area contributed by atoms with E-state index in [0.717, 1.165) is 52.4 Å². The van der Waals surface area contributed by atoms with Crippen LogP contribution in [0, 0.1) is 34.5 Å². The highest BCUT2D eigenvalue weighted by Crippen LogP contribution is 2.74. The second-order valence-corrected chi connectivity index (χ2v) is 19.6. The maximum atomic E-state index is 14.9. The van der Waals surface area contributed by atoms with E-state index in [2.05, 4.69) is 57.9 Å². The lowest BCUT2D eigenvalue weighted by Crippen LogP contribution is -2.65. The van der Waals surface area contributed by atoms with Crippen LogP contribution in [-0.2, 0) is 26.1 Å². The number of aliphatic carboxylic acids is 1. The summed E-state index contributed by atoms with van der Waals surface area (Å²) in [4.78, 5) is 26.7. The number of carbonyl (C=O) groups is 2. The van der Waals surface area contributed by atoms with E-state index in [1.54, 1.807) is 0 Å². The Bertz CT molecular complexity index is 2060. The van der Waals surface area contributed by atoms with E-state index >= 15 is 0 Å². The Morgan fingerprint density at radius 3 is 2.42 bits per heavy atom. The molecular formula is C43H55NO8. The number of allylic oxidation sites excluding steroid dienone is 1. The molecule has 3 fully saturated rings. The van der Waals surface area contributed by atoms with Crippen LogP contribution in [0.3, 0.4) is 0 Å². The summed E-state index contributed by atoms with van der Waals surface area (Å²) in [5.41, 5.74) is 4.93. The fourth-order valence-corrected chi connectivity index (χ4v) is 13.8. The standard InChI is InChI=1S/C43H55NO8/c1-19(2)31-35(47)29-28-22(25-17-38(4,5)52-39(6,7)30(25)34(28)46)16-23-24-15-21-11-12-27-40(8,42(21,10)36(24)44(31)32(23)29)13-14-43(50)41(27,9)18-26(51-43)33(45)20(3)37(48)49/h16-17,20-21,26-27,30-31,33-34,45-46,50H,1,11-15,18H2,2-10H3,(H,48,49)/t20?,21-,26?,27?,30+,31-,33?,34+,40-,41-,42+,43-/m0/s1. The van der Waals surface area contributed by atoms with Crippen molar-refractivity contribution in [3.8, 4) is 0 Å². The first-order valence-electron chi connectivity index (χ1n) is 19.4. The molecule has 0 radical (unpaired) electrons. The van der Waals surface area contributed by atoms with Gasteiger partial charge in [0.1, 0.15) is 6.04 Å². The summed E-state index contributed by atoms with van der Waals surface area (Å²) in [5, 5.41) is 46.4. The van der Waals surface area contributed by atoms with Crippen molar-refractivity contribution in [1.82, 2.24) is 4.57 Å². The van der Waals surface area contributed by atoms with Gasteiger partial charge in [-0.3, -0.25) is 9.59 Å². The molecule has 9 nitrogen and oxygen atoms in total. The molecule has 3 aliphatic heterocycles. The van der Waals surface area contributed by atoms with Crippen molar-refractivity contribution < 1.29 is 39.5 Å². The summed E-state index contributed by atoms with van der Waals surface area (Å²) < 4.78 is 15.2. The highest BCUT2D eigenvalue weighted by molar-refractivity contribution is 6.18. The molecule has 2 saturated carbocycles. The first-order chi connectivity index (χ1) is 24.0. The number of Topliss-reactive ketones (excluding diaryl/α,β-unsaturated/α-hetero) is 1. The molecule has 12 atom stereocenters. The van der Waals surface area contributed by atoms with Crippen molar-refractivity contribution >= 4 is 28.2 Å². The Labute approximate surface area is 306 Å². The second-order valence-electron chi connectivity index (χ2n) is 19.6. The highest BCUT2D eigenvalue weighted by atomic mass is 16.6. The molecule has 52 heavy (non-hydrogen) atoms. The van der Waals surface area contributed by atoms with Gasteiger partial charge in [0, 0.05) is 39.8 Å². The Morgan fingerprint density at radius 2 is 1.77 bits per heavy atom. The average molecular weight is 714 g/mol. The first kappa shape index (κ1) is 34.9. The third-order valence-corrected chi connectivity index (χ3v) is 16.1. The summed E-state index contributed by atoms with van der Waals surface area (Å²) in [6, 6.07) is 1.69. The lowest BCUT2D eigenvalue weighted by Gasteiger charge is -2.65. The molecule has 9 rings (SSSR count). The van der Waals surface area contributed by atoms with Gasteiger partial charge in [-0.1, -0.05) is 32.9 Å². The number of benzene rings is 1. The molecule has 4 heterocycles. The number of rotatable bonds is 4. The molecule has 1 saturated heterocycles. The molecule has 4 aliphatic carbocycles. The van der Waals surface area contributed by atoms with Crippen LogP contribution in [-0.4, -0.2) is 65.9 Å². The number of carboxylic acids is 1. The molecule has 2 aromatic rings. The van der Waals surface area contributed by atoms with Gasteiger partial charge in [-0.25, -0.2) is 0 Å². The minimum Gasteiger partial charge on any atom is -0.481 e. The second kappa shape index (κ2) is 10.1. The molecular weight excluding hydrogens is 658 g/mol. The molecule has 0 spiro atoms. The van der Waals surface area contributed by atoms with Gasteiger partial charge in [0.05, 0.1) is 46.5 Å². The van der Waals surface area contributed by atoms with Crippen LogP contribution in [0.15, 0.2) is 24.3 Å². The number of carboxylic acid groups (broad SMARTS) is 1. The van der Waals surface area contributed by atoms with Crippen LogP contribution < -0.4 is 0 Å². The number of carbonyl (C=O) groups excluding carboxylic acids is 1. The SMILES string of the molecule is C=C(C)[C@H]1C(=O)c2c3c(cc4c5c(n1c24)[C@@]1(C)[C@@H](CCC2[C@]1(C)CC[C@]1(O)OC(C(O)C(C)C(=O)O)C[C@@]21C)C5)C1=CC(C)(C)OC(C)(C)[C@H]1[C@@H]3O. The van der Waals surface area contributed by atoms with Crippen LogP contribution in [0.2, 0.25) is 0 Å². The van der Waals surface area contributed by atoms with Gasteiger partial charge in [-0.2, -0.15) is 0 Å². The molecule has 0 amide bonds. The Morgan fingerprint density at radius 1 is 1.08 bits per heavy atom. The van der Waals surface area contributed by atoms with E-state index in [1.807, 2.05) is 20.8 Å². The third-order valence-electron chi connectivity index (χ3n) is 16.1. The maximum absolute atomic E-state index is 14.9. The summed E-state index contributed by atoms with van der Waals surface area (Å²) in [6.07, 6.45) is 3.35. The van der Waals surface area contributed by atoms with E-state index in [4.69, 9.17) is 9.47 Å². The van der Waals surface area contributed by atoms with Gasteiger partial charge in [0.25, 0.3) is 0 Å². The molecule has 7 aliphatic rings. The van der Waals surface area contributed by atoms with Gasteiger partial charge in [-0.15, -0.1) is 0 Å². The largest absolute Gasteiger partial charge is 0.481 e. The van der Waals surface area contributed by atoms with Crippen molar-refractivity contribution in [1.29, 1.82) is 0 Å². The summed E-state index contributed by atoms with van der Waals surface area (Å²) in [5.74, 6) is -3.58. The van der Waals surface area contributed by atoms with Crippen LogP contribution >= 0.6 is 0 Å². The van der Waals surface area contributed by atoms with Gasteiger partial charge >= 0.3 is 5.97 Å². The zero-order valence-electron chi connectivity index (χ0n) is 32.1. The molecule has 4 N–H and O–H groups in total. The molecule has 9 heteroatoms. The minimum absolute atomic E-state index is 0.00783. The summed E-state index contributed by atoms with van der Waals surface area (Å²) >= 11 is 0. The topological polar surface area (TPSA) is 138 Å². The Balaban J connectivity index is 1.24. The lowest BCUT2D eigenvalue weighted by molar-refractivity contribution is -0.301. The minimum atomic E-state index is -1.48. The van der Waals surface area contributed by atoms with E-state index in [0.29, 0.717) is 30.7 Å². The first-order valence-corrected chi connectivity index (χ1v) is 19.4. The molecule has 280 valence electrons. The van der Waals surface area contributed by atoms with Gasteiger partial charge < -0.3 is 34.5 Å². The van der Waals surface area contributed by atoms with E-state index in [-0.39, 0.29) is 28.4 Å². The summed E-state index contributed by atoms with van der Waals surface area (Å²) in [6.45, 7) is 22.8. The van der Waals surface area contributed by atoms with Gasteiger partial charge in [0.15, 0.2) is 11.6 Å². The molecule has 0 bridgehead atoms. The van der Waals surface area contributed by atoms with E-state index < -0.39 is 58.6 Å². The number of ether oxygens (including phenoxy) is 2. The van der Waals surface area contributed by atoms with Crippen molar-refractivity contribution in [3.05, 3.63) is 52.2 Å². The van der Waals surface area contributed by atoms with Crippen molar-refractivity contribution in [3.63, 3.8) is 0 Å². The summed E-state index contributed by atoms with van der Waals surface area (Å²) in [7, 11) is 0. The number of aliphatic hydroxyl groups excluding tert-OH is 2. The van der Waals surface area contributed by atoms with E-state index in [1.165, 1.54) is 18.2 Å². The fourth-order valence-electron chi connectivity index (χ4n) is 13.8. The van der Waals surface area contributed by atoms with Crippen molar-refractivity contribution in [2.24, 2.45) is 34.5 Å². The normalized spacial score (nSPS) is 42.8. The van der Waals surface area contributed by atoms with Crippen LogP contribution in [0.4, 0.5) is 0 Å². The predicted octanol–water partition coefficient (Wildman–Crippen LogP) is 6.79. The highest BCUT2D eigenvalue weighted by Gasteiger charge is 2.74. The zero-order chi connectivity index (χ0) is 37.6. The smallest absolute Gasteiger partial charge is 0.308 e. The number of hydrogen-bond donors (Lipinski definition) is 4. The van der Waals surface area contributed by atoms with Gasteiger partial charge in [0.2, 0.25) is 0 Å². The number of nitrogens with zero attached hydrogens (tertiary/aromatic N) is 1.